The van der Waals surface area contributed by atoms with E-state index in [1.165, 1.54) is 11.1 Å². The fourth-order valence-corrected chi connectivity index (χ4v) is 2.16. The number of benzene rings is 1. The molecule has 94 valence electrons. The number of nitrogens with zero attached hydrogens (tertiary/aromatic N) is 2. The molecule has 3 heteroatoms. The molecule has 0 fully saturated rings. The SMILES string of the molecule is Cc1ccc(N(C)c2cnccc2CO)c(C)c1. The van der Waals surface area contributed by atoms with Gasteiger partial charge in [0.15, 0.2) is 0 Å². The predicted octanol–water partition coefficient (Wildman–Crippen LogP) is 2.96. The third-order valence-corrected chi connectivity index (χ3v) is 3.13. The molecule has 0 amide bonds. The minimum Gasteiger partial charge on any atom is -0.392 e. The Morgan fingerprint density at radius 2 is 1.94 bits per heavy atom. The van der Waals surface area contributed by atoms with Crippen LogP contribution in [0.1, 0.15) is 16.7 Å². The van der Waals surface area contributed by atoms with Crippen LogP contribution in [0.15, 0.2) is 36.7 Å². The van der Waals surface area contributed by atoms with Gasteiger partial charge in [-0.3, -0.25) is 4.98 Å². The van der Waals surface area contributed by atoms with E-state index in [1.807, 2.05) is 13.1 Å². The van der Waals surface area contributed by atoms with Gasteiger partial charge in [-0.25, -0.2) is 0 Å². The zero-order chi connectivity index (χ0) is 13.1. The van der Waals surface area contributed by atoms with Crippen LogP contribution in [0, 0.1) is 13.8 Å². The number of hydrogen-bond donors (Lipinski definition) is 1. The summed E-state index contributed by atoms with van der Waals surface area (Å²) in [5.74, 6) is 0. The smallest absolute Gasteiger partial charge is 0.0703 e. The quantitative estimate of drug-likeness (QED) is 0.899. The molecule has 0 aliphatic carbocycles. The van der Waals surface area contributed by atoms with Crippen molar-refractivity contribution in [1.82, 2.24) is 4.98 Å². The Hall–Kier alpha value is -1.87. The van der Waals surface area contributed by atoms with Crippen molar-refractivity contribution >= 4 is 11.4 Å². The van der Waals surface area contributed by atoms with Crippen molar-refractivity contribution in [1.29, 1.82) is 0 Å². The lowest BCUT2D eigenvalue weighted by Crippen LogP contribution is -2.13. The molecule has 0 spiro atoms. The molecular weight excluding hydrogens is 224 g/mol. The van der Waals surface area contributed by atoms with E-state index in [-0.39, 0.29) is 6.61 Å². The first-order chi connectivity index (χ1) is 8.63. The molecule has 2 rings (SSSR count). The van der Waals surface area contributed by atoms with E-state index < -0.39 is 0 Å². The summed E-state index contributed by atoms with van der Waals surface area (Å²) in [6, 6.07) is 8.18. The van der Waals surface area contributed by atoms with Gasteiger partial charge in [-0.15, -0.1) is 0 Å². The van der Waals surface area contributed by atoms with Crippen LogP contribution in [-0.2, 0) is 6.61 Å². The Balaban J connectivity index is 2.44. The van der Waals surface area contributed by atoms with Gasteiger partial charge in [-0.05, 0) is 31.5 Å². The first-order valence-corrected chi connectivity index (χ1v) is 5.98. The summed E-state index contributed by atoms with van der Waals surface area (Å²) < 4.78 is 0. The van der Waals surface area contributed by atoms with Crippen LogP contribution in [-0.4, -0.2) is 17.1 Å². The van der Waals surface area contributed by atoms with Crippen LogP contribution >= 0.6 is 0 Å². The molecule has 1 aromatic carbocycles. The van der Waals surface area contributed by atoms with Crippen LogP contribution in [0.2, 0.25) is 0 Å². The van der Waals surface area contributed by atoms with Gasteiger partial charge in [0, 0.05) is 24.5 Å². The van der Waals surface area contributed by atoms with Crippen molar-refractivity contribution in [2.24, 2.45) is 0 Å². The van der Waals surface area contributed by atoms with Crippen molar-refractivity contribution in [3.8, 4) is 0 Å². The van der Waals surface area contributed by atoms with E-state index in [4.69, 9.17) is 0 Å². The van der Waals surface area contributed by atoms with Crippen molar-refractivity contribution in [2.45, 2.75) is 20.5 Å². The third-order valence-electron chi connectivity index (χ3n) is 3.13. The van der Waals surface area contributed by atoms with Gasteiger partial charge < -0.3 is 10.0 Å². The van der Waals surface area contributed by atoms with Crippen molar-refractivity contribution < 1.29 is 5.11 Å². The topological polar surface area (TPSA) is 36.4 Å². The van der Waals surface area contributed by atoms with Crippen LogP contribution in [0.3, 0.4) is 0 Å². The second kappa shape index (κ2) is 5.19. The highest BCUT2D eigenvalue weighted by Crippen LogP contribution is 2.29. The Morgan fingerprint density at radius 1 is 1.17 bits per heavy atom. The second-order valence-electron chi connectivity index (χ2n) is 4.51. The van der Waals surface area contributed by atoms with E-state index >= 15 is 0 Å². The summed E-state index contributed by atoms with van der Waals surface area (Å²) in [5, 5.41) is 9.37. The van der Waals surface area contributed by atoms with Gasteiger partial charge in [0.05, 0.1) is 18.5 Å². The molecule has 1 aromatic heterocycles. The average molecular weight is 242 g/mol. The summed E-state index contributed by atoms with van der Waals surface area (Å²) in [6.45, 7) is 4.20. The maximum atomic E-state index is 9.37. The number of aromatic nitrogens is 1. The number of hydrogen-bond acceptors (Lipinski definition) is 3. The van der Waals surface area contributed by atoms with Crippen LogP contribution in [0.4, 0.5) is 11.4 Å². The zero-order valence-electron chi connectivity index (χ0n) is 11.0. The first-order valence-electron chi connectivity index (χ1n) is 5.98. The normalized spacial score (nSPS) is 10.4. The van der Waals surface area contributed by atoms with Crippen molar-refractivity contribution in [3.63, 3.8) is 0 Å². The van der Waals surface area contributed by atoms with Crippen molar-refractivity contribution in [2.75, 3.05) is 11.9 Å². The van der Waals surface area contributed by atoms with Crippen LogP contribution in [0.25, 0.3) is 0 Å². The van der Waals surface area contributed by atoms with Crippen LogP contribution in [0.5, 0.6) is 0 Å². The highest BCUT2D eigenvalue weighted by Gasteiger charge is 2.10. The summed E-state index contributed by atoms with van der Waals surface area (Å²) >= 11 is 0. The predicted molar refractivity (Wildman–Crippen MR) is 74.1 cm³/mol. The minimum absolute atomic E-state index is 0.0209. The molecule has 1 heterocycles. The van der Waals surface area contributed by atoms with E-state index in [2.05, 4.69) is 41.9 Å². The Bertz CT molecular complexity index is 552. The Kier molecular flexibility index (Phi) is 3.63. The van der Waals surface area contributed by atoms with Gasteiger partial charge in [0.25, 0.3) is 0 Å². The lowest BCUT2D eigenvalue weighted by molar-refractivity contribution is 0.282. The monoisotopic (exact) mass is 242 g/mol. The molecule has 0 bridgehead atoms. The highest BCUT2D eigenvalue weighted by atomic mass is 16.3. The third kappa shape index (κ3) is 2.36. The van der Waals surface area contributed by atoms with E-state index in [9.17, 15) is 5.11 Å². The van der Waals surface area contributed by atoms with Gasteiger partial charge >= 0.3 is 0 Å². The van der Waals surface area contributed by atoms with E-state index in [1.54, 1.807) is 12.4 Å². The Labute approximate surface area is 108 Å². The van der Waals surface area contributed by atoms with Gasteiger partial charge in [0.2, 0.25) is 0 Å². The van der Waals surface area contributed by atoms with Gasteiger partial charge in [-0.2, -0.15) is 0 Å². The van der Waals surface area contributed by atoms with Crippen LogP contribution < -0.4 is 4.90 Å². The largest absolute Gasteiger partial charge is 0.392 e. The molecule has 0 saturated carbocycles. The van der Waals surface area contributed by atoms with Gasteiger partial charge in [0.1, 0.15) is 0 Å². The zero-order valence-corrected chi connectivity index (χ0v) is 11.0. The van der Waals surface area contributed by atoms with E-state index in [0.29, 0.717) is 0 Å². The minimum atomic E-state index is 0.0209. The average Bonchev–Trinajstić information content (AvgIpc) is 2.38. The Morgan fingerprint density at radius 3 is 2.61 bits per heavy atom. The summed E-state index contributed by atoms with van der Waals surface area (Å²) in [7, 11) is 1.99. The highest BCUT2D eigenvalue weighted by molar-refractivity contribution is 5.67. The molecule has 0 atom stereocenters. The summed E-state index contributed by atoms with van der Waals surface area (Å²) in [4.78, 5) is 6.20. The fourth-order valence-electron chi connectivity index (χ4n) is 2.16. The number of aliphatic hydroxyl groups excluding tert-OH is 1. The standard InChI is InChI=1S/C15H18N2O/c1-11-4-5-14(12(2)8-11)17(3)15-9-16-7-6-13(15)10-18/h4-9,18H,10H2,1-3H3. The number of pyridine rings is 1. The molecule has 1 N–H and O–H groups in total. The molecule has 2 aromatic rings. The fraction of sp³-hybridized carbons (Fsp3) is 0.267. The molecule has 0 aliphatic heterocycles. The number of aryl methyl sites for hydroxylation is 2. The summed E-state index contributed by atoms with van der Waals surface area (Å²) in [6.07, 6.45) is 3.48. The number of rotatable bonds is 3. The molecule has 0 unspecified atom stereocenters. The second-order valence-corrected chi connectivity index (χ2v) is 4.51. The maximum absolute atomic E-state index is 9.37. The molecular formula is C15H18N2O. The molecule has 0 radical (unpaired) electrons. The van der Waals surface area contributed by atoms with Gasteiger partial charge in [-0.1, -0.05) is 17.7 Å². The maximum Gasteiger partial charge on any atom is 0.0703 e. The lowest BCUT2D eigenvalue weighted by atomic mass is 10.1. The molecule has 0 aliphatic rings. The van der Waals surface area contributed by atoms with E-state index in [0.717, 1.165) is 16.9 Å². The molecule has 18 heavy (non-hydrogen) atoms. The van der Waals surface area contributed by atoms with Crippen molar-refractivity contribution in [3.05, 3.63) is 53.3 Å². The molecule has 0 saturated heterocycles. The molecule has 3 nitrogen and oxygen atoms in total. The number of anilines is 2. The summed E-state index contributed by atoms with van der Waals surface area (Å²) in [5.41, 5.74) is 5.41. The number of aliphatic hydroxyl groups is 1. The first kappa shape index (κ1) is 12.6. The lowest BCUT2D eigenvalue weighted by Gasteiger charge is -2.23.